The molecular formula is C23H39NOSi2. The summed E-state index contributed by atoms with van der Waals surface area (Å²) < 4.78 is 0. The molecule has 0 spiro atoms. The zero-order valence-electron chi connectivity index (χ0n) is 18.8. The first-order chi connectivity index (χ1) is 12.3. The lowest BCUT2D eigenvalue weighted by molar-refractivity contribution is 0.112. The van der Waals surface area contributed by atoms with Gasteiger partial charge in [-0.1, -0.05) is 53.1 Å². The van der Waals surface area contributed by atoms with Crippen molar-refractivity contribution in [2.75, 3.05) is 18.0 Å². The van der Waals surface area contributed by atoms with Crippen molar-refractivity contribution in [2.45, 2.75) is 88.9 Å². The minimum Gasteiger partial charge on any atom is -0.371 e. The van der Waals surface area contributed by atoms with Crippen LogP contribution in [0, 0.1) is 0 Å². The Morgan fingerprint density at radius 1 is 0.926 bits per heavy atom. The maximum Gasteiger partial charge on any atom is 0.150 e. The zero-order chi connectivity index (χ0) is 20.3. The van der Waals surface area contributed by atoms with Gasteiger partial charge in [0, 0.05) is 40.5 Å². The number of aldehydes is 1. The van der Waals surface area contributed by atoms with Crippen LogP contribution < -0.4 is 4.90 Å². The third-order valence-corrected chi connectivity index (χ3v) is 9.96. The van der Waals surface area contributed by atoms with Gasteiger partial charge < -0.3 is 4.90 Å². The molecule has 0 bridgehead atoms. The van der Waals surface area contributed by atoms with Gasteiger partial charge in [0.15, 0.2) is 0 Å². The number of nitrogens with zero attached hydrogens (tertiary/aromatic N) is 1. The lowest BCUT2D eigenvalue weighted by Crippen LogP contribution is -2.50. The van der Waals surface area contributed by atoms with E-state index in [1.54, 1.807) is 0 Å². The maximum absolute atomic E-state index is 11.9. The van der Waals surface area contributed by atoms with E-state index in [1.807, 2.05) is 0 Å². The van der Waals surface area contributed by atoms with Crippen molar-refractivity contribution in [3.05, 3.63) is 28.8 Å². The van der Waals surface area contributed by atoms with Gasteiger partial charge in [-0.25, -0.2) is 0 Å². The number of hydrogen-bond donors (Lipinski definition) is 0. The molecule has 150 valence electrons. The van der Waals surface area contributed by atoms with Crippen molar-refractivity contribution in [2.24, 2.45) is 0 Å². The molecular weight excluding hydrogens is 362 g/mol. The first-order valence-electron chi connectivity index (χ1n) is 10.7. The Morgan fingerprint density at radius 3 is 1.96 bits per heavy atom. The Kier molecular flexibility index (Phi) is 5.08. The molecule has 2 nitrogen and oxygen atoms in total. The summed E-state index contributed by atoms with van der Waals surface area (Å²) in [4.78, 5) is 14.5. The maximum atomic E-state index is 11.9. The number of rotatable bonds is 5. The van der Waals surface area contributed by atoms with E-state index in [9.17, 15) is 4.79 Å². The molecule has 2 aliphatic rings. The quantitative estimate of drug-likeness (QED) is 0.426. The molecule has 0 unspecified atom stereocenters. The molecule has 0 N–H and O–H groups in total. The Hall–Kier alpha value is -0.876. The van der Waals surface area contributed by atoms with E-state index in [-0.39, 0.29) is 10.8 Å². The van der Waals surface area contributed by atoms with Gasteiger partial charge in [0.05, 0.1) is 0 Å². The van der Waals surface area contributed by atoms with Crippen LogP contribution in [0.5, 0.6) is 0 Å². The van der Waals surface area contributed by atoms with E-state index < -0.39 is 16.1 Å². The van der Waals surface area contributed by atoms with Crippen molar-refractivity contribution < 1.29 is 4.79 Å². The molecule has 2 aliphatic heterocycles. The molecule has 0 amide bonds. The highest BCUT2D eigenvalue weighted by atomic mass is 28.3. The molecule has 27 heavy (non-hydrogen) atoms. The van der Waals surface area contributed by atoms with E-state index >= 15 is 0 Å². The van der Waals surface area contributed by atoms with Crippen LogP contribution in [0.3, 0.4) is 0 Å². The highest BCUT2D eigenvalue weighted by Crippen LogP contribution is 2.54. The normalized spacial score (nSPS) is 21.0. The molecule has 1 aromatic carbocycles. The Balaban J connectivity index is 2.29. The first-order valence-corrected chi connectivity index (χ1v) is 18.1. The molecule has 0 radical (unpaired) electrons. The SMILES string of the molecule is CC1(C)CCN2CCC(C[Si](C)(C)C)(C[Si](C)(C)C)c3cc(C=O)cc1c32. The summed E-state index contributed by atoms with van der Waals surface area (Å²) in [6, 6.07) is 7.15. The van der Waals surface area contributed by atoms with Gasteiger partial charge in [0.25, 0.3) is 0 Å². The van der Waals surface area contributed by atoms with Crippen LogP contribution in [0.1, 0.15) is 48.2 Å². The second kappa shape index (κ2) is 6.58. The monoisotopic (exact) mass is 401 g/mol. The molecule has 1 aromatic rings. The van der Waals surface area contributed by atoms with E-state index in [2.05, 4.69) is 70.2 Å². The minimum absolute atomic E-state index is 0.154. The molecule has 3 rings (SSSR count). The van der Waals surface area contributed by atoms with Crippen LogP contribution in [0.25, 0.3) is 0 Å². The minimum atomic E-state index is -1.26. The number of carbonyl (C=O) groups is 1. The van der Waals surface area contributed by atoms with Crippen LogP contribution in [0.4, 0.5) is 5.69 Å². The zero-order valence-corrected chi connectivity index (χ0v) is 20.8. The van der Waals surface area contributed by atoms with E-state index in [0.29, 0.717) is 0 Å². The van der Waals surface area contributed by atoms with Gasteiger partial charge in [0.1, 0.15) is 6.29 Å². The molecule has 0 aliphatic carbocycles. The average molecular weight is 402 g/mol. The van der Waals surface area contributed by atoms with Crippen LogP contribution in [-0.4, -0.2) is 35.5 Å². The third kappa shape index (κ3) is 4.12. The fraction of sp³-hybridized carbons (Fsp3) is 0.696. The fourth-order valence-corrected chi connectivity index (χ4v) is 11.1. The number of carbonyl (C=O) groups excluding carboxylic acids is 1. The molecule has 0 aromatic heterocycles. The Morgan fingerprint density at radius 2 is 1.44 bits per heavy atom. The summed E-state index contributed by atoms with van der Waals surface area (Å²) >= 11 is 0. The van der Waals surface area contributed by atoms with Crippen LogP contribution in [0.2, 0.25) is 51.4 Å². The van der Waals surface area contributed by atoms with Gasteiger partial charge in [-0.3, -0.25) is 4.79 Å². The van der Waals surface area contributed by atoms with Crippen molar-refractivity contribution >= 4 is 28.1 Å². The summed E-state index contributed by atoms with van der Waals surface area (Å²) in [7, 11) is -2.53. The van der Waals surface area contributed by atoms with Gasteiger partial charge in [-0.05, 0) is 59.0 Å². The predicted molar refractivity (Wildman–Crippen MR) is 124 cm³/mol. The molecule has 0 atom stereocenters. The lowest BCUT2D eigenvalue weighted by Gasteiger charge is -2.53. The highest BCUT2D eigenvalue weighted by molar-refractivity contribution is 6.78. The fourth-order valence-electron chi connectivity index (χ4n) is 5.81. The van der Waals surface area contributed by atoms with Gasteiger partial charge in [-0.2, -0.15) is 0 Å². The van der Waals surface area contributed by atoms with E-state index in [1.165, 1.54) is 48.3 Å². The van der Waals surface area contributed by atoms with Crippen molar-refractivity contribution in [3.63, 3.8) is 0 Å². The first kappa shape index (κ1) is 20.8. The number of hydrogen-bond acceptors (Lipinski definition) is 2. The van der Waals surface area contributed by atoms with Crippen LogP contribution in [-0.2, 0) is 10.8 Å². The van der Waals surface area contributed by atoms with Gasteiger partial charge >= 0.3 is 0 Å². The summed E-state index contributed by atoms with van der Waals surface area (Å²) in [5, 5.41) is 0. The van der Waals surface area contributed by atoms with Crippen LogP contribution >= 0.6 is 0 Å². The summed E-state index contributed by atoms with van der Waals surface area (Å²) in [6.45, 7) is 22.2. The summed E-state index contributed by atoms with van der Waals surface area (Å²) in [5.41, 5.74) is 5.74. The molecule has 2 heterocycles. The van der Waals surface area contributed by atoms with Crippen molar-refractivity contribution in [3.8, 4) is 0 Å². The summed E-state index contributed by atoms with van der Waals surface area (Å²) in [5.74, 6) is 0. The summed E-state index contributed by atoms with van der Waals surface area (Å²) in [6.07, 6.45) is 3.52. The molecule has 4 heteroatoms. The molecule has 0 saturated heterocycles. The van der Waals surface area contributed by atoms with Gasteiger partial charge in [-0.15, -0.1) is 0 Å². The third-order valence-electron chi connectivity index (χ3n) is 6.49. The van der Waals surface area contributed by atoms with Gasteiger partial charge in [0.2, 0.25) is 0 Å². The number of anilines is 1. The lowest BCUT2D eigenvalue weighted by atomic mass is 9.69. The Bertz CT molecular complexity index is 724. The van der Waals surface area contributed by atoms with Crippen molar-refractivity contribution in [1.29, 1.82) is 0 Å². The molecule has 0 fully saturated rings. The smallest absolute Gasteiger partial charge is 0.150 e. The van der Waals surface area contributed by atoms with Crippen LogP contribution in [0.15, 0.2) is 12.1 Å². The topological polar surface area (TPSA) is 20.3 Å². The van der Waals surface area contributed by atoms with E-state index in [0.717, 1.165) is 18.4 Å². The largest absolute Gasteiger partial charge is 0.371 e. The standard InChI is InChI=1S/C23H39NOSi2/c1-22(2)9-11-24-12-10-23(16-26(3,4)5,17-27(6,7)8)20-14-18(15-25)13-19(22)21(20)24/h13-15H,9-12,16-17H2,1-8H3. The van der Waals surface area contributed by atoms with Crippen molar-refractivity contribution in [1.82, 2.24) is 0 Å². The van der Waals surface area contributed by atoms with E-state index in [4.69, 9.17) is 0 Å². The number of benzene rings is 1. The Labute approximate surface area is 168 Å². The average Bonchev–Trinajstić information content (AvgIpc) is 2.49. The predicted octanol–water partition coefficient (Wildman–Crippen LogP) is 6.30. The second-order valence-corrected chi connectivity index (χ2v) is 23.2. The molecule has 0 saturated carbocycles. The highest BCUT2D eigenvalue weighted by Gasteiger charge is 2.47. The second-order valence-electron chi connectivity index (χ2n) is 12.2.